The predicted molar refractivity (Wildman–Crippen MR) is 76.4 cm³/mol. The standard InChI is InChI=1S/C15H15NO4/c1-19-13-8-10(15(17)18)7-12(14(13)20-2)9-4-3-5-11(16)6-9/h3-8H,16H2,1-2H3,(H,17,18). The molecule has 0 spiro atoms. The number of carboxylic acids is 1. The third kappa shape index (κ3) is 2.51. The molecule has 0 radical (unpaired) electrons. The quantitative estimate of drug-likeness (QED) is 0.837. The van der Waals surface area contributed by atoms with E-state index in [1.54, 1.807) is 24.3 Å². The summed E-state index contributed by atoms with van der Waals surface area (Å²) in [5.41, 5.74) is 7.87. The van der Waals surface area contributed by atoms with Crippen LogP contribution in [0.2, 0.25) is 0 Å². The van der Waals surface area contributed by atoms with Gasteiger partial charge < -0.3 is 20.3 Å². The van der Waals surface area contributed by atoms with Crippen LogP contribution < -0.4 is 15.2 Å². The van der Waals surface area contributed by atoms with E-state index in [2.05, 4.69) is 0 Å². The van der Waals surface area contributed by atoms with Crippen LogP contribution in [-0.4, -0.2) is 25.3 Å². The van der Waals surface area contributed by atoms with Crippen LogP contribution in [0.4, 0.5) is 5.69 Å². The first kappa shape index (κ1) is 13.7. The van der Waals surface area contributed by atoms with Gasteiger partial charge in [0, 0.05) is 11.3 Å². The van der Waals surface area contributed by atoms with Crippen LogP contribution in [0, 0.1) is 0 Å². The number of rotatable bonds is 4. The summed E-state index contributed by atoms with van der Waals surface area (Å²) in [6, 6.07) is 10.1. The Morgan fingerprint density at radius 3 is 2.45 bits per heavy atom. The van der Waals surface area contributed by atoms with E-state index in [-0.39, 0.29) is 5.56 Å². The zero-order valence-corrected chi connectivity index (χ0v) is 11.2. The van der Waals surface area contributed by atoms with Crippen molar-refractivity contribution in [1.82, 2.24) is 0 Å². The van der Waals surface area contributed by atoms with Gasteiger partial charge in [0.05, 0.1) is 19.8 Å². The number of nitrogens with two attached hydrogens (primary N) is 1. The van der Waals surface area contributed by atoms with E-state index in [1.807, 2.05) is 6.07 Å². The van der Waals surface area contributed by atoms with E-state index in [0.29, 0.717) is 22.7 Å². The van der Waals surface area contributed by atoms with Crippen molar-refractivity contribution >= 4 is 11.7 Å². The van der Waals surface area contributed by atoms with Gasteiger partial charge in [-0.2, -0.15) is 0 Å². The van der Waals surface area contributed by atoms with Crippen molar-refractivity contribution in [2.75, 3.05) is 20.0 Å². The van der Waals surface area contributed by atoms with E-state index in [0.717, 1.165) is 5.56 Å². The minimum Gasteiger partial charge on any atom is -0.493 e. The summed E-state index contributed by atoms with van der Waals surface area (Å²) < 4.78 is 10.5. The average Bonchev–Trinajstić information content (AvgIpc) is 2.45. The van der Waals surface area contributed by atoms with Gasteiger partial charge in [0.15, 0.2) is 11.5 Å². The molecule has 0 bridgehead atoms. The minimum absolute atomic E-state index is 0.125. The summed E-state index contributed by atoms with van der Waals surface area (Å²) in [6.07, 6.45) is 0. The second kappa shape index (κ2) is 5.52. The Balaban J connectivity index is 2.72. The Morgan fingerprint density at radius 1 is 1.15 bits per heavy atom. The van der Waals surface area contributed by atoms with Crippen molar-refractivity contribution in [3.05, 3.63) is 42.0 Å². The van der Waals surface area contributed by atoms with Gasteiger partial charge in [0.25, 0.3) is 0 Å². The van der Waals surface area contributed by atoms with E-state index in [1.165, 1.54) is 20.3 Å². The SMILES string of the molecule is COc1cc(C(=O)O)cc(-c2cccc(N)c2)c1OC. The molecule has 0 heterocycles. The van der Waals surface area contributed by atoms with Gasteiger partial charge in [-0.15, -0.1) is 0 Å². The van der Waals surface area contributed by atoms with E-state index >= 15 is 0 Å². The maximum Gasteiger partial charge on any atom is 0.335 e. The lowest BCUT2D eigenvalue weighted by Crippen LogP contribution is -2.01. The van der Waals surface area contributed by atoms with Crippen LogP contribution in [0.15, 0.2) is 36.4 Å². The van der Waals surface area contributed by atoms with Crippen molar-refractivity contribution in [2.45, 2.75) is 0 Å². The smallest absolute Gasteiger partial charge is 0.335 e. The number of anilines is 1. The molecule has 0 atom stereocenters. The second-order valence-corrected chi connectivity index (χ2v) is 4.19. The normalized spacial score (nSPS) is 10.1. The summed E-state index contributed by atoms with van der Waals surface area (Å²) in [6.45, 7) is 0. The van der Waals surface area contributed by atoms with E-state index in [9.17, 15) is 9.90 Å². The molecule has 20 heavy (non-hydrogen) atoms. The third-order valence-electron chi connectivity index (χ3n) is 2.92. The first-order chi connectivity index (χ1) is 9.56. The van der Waals surface area contributed by atoms with Crippen molar-refractivity contribution < 1.29 is 19.4 Å². The molecule has 2 rings (SSSR count). The Hall–Kier alpha value is -2.69. The molecule has 0 amide bonds. The third-order valence-corrected chi connectivity index (χ3v) is 2.92. The van der Waals surface area contributed by atoms with Crippen molar-refractivity contribution in [1.29, 1.82) is 0 Å². The summed E-state index contributed by atoms with van der Waals surface area (Å²) >= 11 is 0. The monoisotopic (exact) mass is 273 g/mol. The van der Waals surface area contributed by atoms with Gasteiger partial charge in [-0.25, -0.2) is 4.79 Å². The Kier molecular flexibility index (Phi) is 3.79. The summed E-state index contributed by atoms with van der Waals surface area (Å²) in [7, 11) is 2.97. The molecule has 0 fully saturated rings. The highest BCUT2D eigenvalue weighted by Gasteiger charge is 2.17. The van der Waals surface area contributed by atoms with Crippen molar-refractivity contribution in [3.8, 4) is 22.6 Å². The Bertz CT molecular complexity index is 652. The van der Waals surface area contributed by atoms with Crippen LogP contribution >= 0.6 is 0 Å². The molecule has 3 N–H and O–H groups in total. The zero-order valence-electron chi connectivity index (χ0n) is 11.2. The molecule has 0 aliphatic heterocycles. The number of hydrogen-bond donors (Lipinski definition) is 2. The molecule has 2 aromatic rings. The van der Waals surface area contributed by atoms with Crippen LogP contribution in [0.5, 0.6) is 11.5 Å². The summed E-state index contributed by atoms with van der Waals surface area (Å²) in [5.74, 6) is -0.191. The number of benzene rings is 2. The molecule has 0 unspecified atom stereocenters. The molecule has 0 saturated carbocycles. The number of methoxy groups -OCH3 is 2. The maximum atomic E-state index is 11.2. The number of hydrogen-bond acceptors (Lipinski definition) is 4. The lowest BCUT2D eigenvalue weighted by Gasteiger charge is -2.14. The van der Waals surface area contributed by atoms with Gasteiger partial charge in [0.2, 0.25) is 0 Å². The van der Waals surface area contributed by atoms with Gasteiger partial charge in [-0.1, -0.05) is 12.1 Å². The highest BCUT2D eigenvalue weighted by atomic mass is 16.5. The maximum absolute atomic E-state index is 11.2. The molecule has 5 nitrogen and oxygen atoms in total. The highest BCUT2D eigenvalue weighted by Crippen LogP contribution is 2.39. The lowest BCUT2D eigenvalue weighted by atomic mass is 10.0. The molecular formula is C15H15NO4. The fraction of sp³-hybridized carbons (Fsp3) is 0.133. The molecule has 0 saturated heterocycles. The summed E-state index contributed by atoms with van der Waals surface area (Å²) in [4.78, 5) is 11.2. The predicted octanol–water partition coefficient (Wildman–Crippen LogP) is 2.65. The lowest BCUT2D eigenvalue weighted by molar-refractivity contribution is 0.0696. The number of nitrogen functional groups attached to an aromatic ring is 1. The first-order valence-electron chi connectivity index (χ1n) is 5.92. The number of carbonyl (C=O) groups is 1. The molecule has 2 aromatic carbocycles. The zero-order chi connectivity index (χ0) is 14.7. The fourth-order valence-electron chi connectivity index (χ4n) is 2.01. The van der Waals surface area contributed by atoms with Crippen LogP contribution in [0.25, 0.3) is 11.1 Å². The second-order valence-electron chi connectivity index (χ2n) is 4.19. The Morgan fingerprint density at radius 2 is 1.90 bits per heavy atom. The number of carboxylic acid groups (broad SMARTS) is 1. The molecule has 0 aromatic heterocycles. The largest absolute Gasteiger partial charge is 0.493 e. The Labute approximate surface area is 116 Å². The van der Waals surface area contributed by atoms with E-state index < -0.39 is 5.97 Å². The number of aromatic carboxylic acids is 1. The molecule has 0 aliphatic rings. The van der Waals surface area contributed by atoms with Crippen LogP contribution in [0.1, 0.15) is 10.4 Å². The average molecular weight is 273 g/mol. The van der Waals surface area contributed by atoms with Crippen molar-refractivity contribution in [2.24, 2.45) is 0 Å². The highest BCUT2D eigenvalue weighted by molar-refractivity contribution is 5.92. The van der Waals surface area contributed by atoms with Gasteiger partial charge in [0.1, 0.15) is 0 Å². The number of ether oxygens (including phenoxy) is 2. The molecule has 0 aliphatic carbocycles. The van der Waals surface area contributed by atoms with Crippen molar-refractivity contribution in [3.63, 3.8) is 0 Å². The van der Waals surface area contributed by atoms with E-state index in [4.69, 9.17) is 15.2 Å². The summed E-state index contributed by atoms with van der Waals surface area (Å²) in [5, 5.41) is 9.17. The molecule has 5 heteroatoms. The first-order valence-corrected chi connectivity index (χ1v) is 5.92. The topological polar surface area (TPSA) is 81.8 Å². The van der Waals surface area contributed by atoms with Gasteiger partial charge >= 0.3 is 5.97 Å². The molecule has 104 valence electrons. The fourth-order valence-corrected chi connectivity index (χ4v) is 2.01. The van der Waals surface area contributed by atoms with Gasteiger partial charge in [-0.3, -0.25) is 0 Å². The molecular weight excluding hydrogens is 258 g/mol. The minimum atomic E-state index is -1.03. The van der Waals surface area contributed by atoms with Crippen LogP contribution in [-0.2, 0) is 0 Å². The van der Waals surface area contributed by atoms with Crippen LogP contribution in [0.3, 0.4) is 0 Å². The van der Waals surface area contributed by atoms with Gasteiger partial charge in [-0.05, 0) is 29.8 Å².